The van der Waals surface area contributed by atoms with Crippen molar-refractivity contribution in [3.63, 3.8) is 0 Å². The molecule has 0 heterocycles. The van der Waals surface area contributed by atoms with E-state index < -0.39 is 11.6 Å². The second-order valence-electron chi connectivity index (χ2n) is 4.07. The molecule has 0 amide bonds. The van der Waals surface area contributed by atoms with Crippen molar-refractivity contribution >= 4 is 11.9 Å². The number of rotatable bonds is 5. The summed E-state index contributed by atoms with van der Waals surface area (Å²) in [6.45, 7) is 0. The largest absolute Gasteiger partial charge is 0.276 e. The third-order valence-corrected chi connectivity index (χ3v) is 2.61. The van der Waals surface area contributed by atoms with Crippen molar-refractivity contribution in [2.45, 2.75) is 12.8 Å². The number of nitrogens with zero attached hydrogens (tertiary/aromatic N) is 1. The quantitative estimate of drug-likeness (QED) is 0.638. The third kappa shape index (κ3) is 4.17. The molecule has 2 aromatic rings. The van der Waals surface area contributed by atoms with Crippen LogP contribution in [0.4, 0.5) is 14.5 Å². The zero-order valence-electron chi connectivity index (χ0n) is 10.3. The summed E-state index contributed by atoms with van der Waals surface area (Å²) in [6, 6.07) is 13.3. The summed E-state index contributed by atoms with van der Waals surface area (Å²) in [4.78, 5) is 0. The fourth-order valence-electron chi connectivity index (χ4n) is 1.64. The van der Waals surface area contributed by atoms with E-state index in [9.17, 15) is 8.78 Å². The maximum Gasteiger partial charge on any atom is 0.151 e. The zero-order valence-corrected chi connectivity index (χ0v) is 10.3. The Hall–Kier alpha value is -2.23. The van der Waals surface area contributed by atoms with E-state index in [1.54, 1.807) is 6.21 Å². The van der Waals surface area contributed by atoms with Crippen LogP contribution < -0.4 is 5.43 Å². The first-order valence-electron chi connectivity index (χ1n) is 6.02. The Kier molecular flexibility index (Phi) is 4.61. The molecule has 0 bridgehead atoms. The Morgan fingerprint density at radius 3 is 2.58 bits per heavy atom. The van der Waals surface area contributed by atoms with Crippen molar-refractivity contribution in [2.24, 2.45) is 5.10 Å². The van der Waals surface area contributed by atoms with Gasteiger partial charge in [0.2, 0.25) is 0 Å². The van der Waals surface area contributed by atoms with Crippen molar-refractivity contribution < 1.29 is 8.78 Å². The lowest BCUT2D eigenvalue weighted by atomic mass is 10.1. The highest BCUT2D eigenvalue weighted by molar-refractivity contribution is 5.60. The molecule has 2 nitrogen and oxygen atoms in total. The lowest BCUT2D eigenvalue weighted by Crippen LogP contribution is -1.94. The van der Waals surface area contributed by atoms with Gasteiger partial charge in [0.25, 0.3) is 0 Å². The van der Waals surface area contributed by atoms with Gasteiger partial charge in [-0.25, -0.2) is 8.78 Å². The lowest BCUT2D eigenvalue weighted by Gasteiger charge is -2.01. The molecular weight excluding hydrogens is 246 g/mol. The second kappa shape index (κ2) is 6.64. The number of halogens is 2. The minimum Gasteiger partial charge on any atom is -0.276 e. The Bertz CT molecular complexity index is 553. The first-order valence-corrected chi connectivity index (χ1v) is 6.02. The van der Waals surface area contributed by atoms with Gasteiger partial charge < -0.3 is 0 Å². The molecule has 0 aromatic heterocycles. The number of nitrogens with one attached hydrogen (secondary N) is 1. The molecule has 2 rings (SSSR count). The van der Waals surface area contributed by atoms with Crippen LogP contribution in [0.3, 0.4) is 0 Å². The van der Waals surface area contributed by atoms with Gasteiger partial charge in [-0.2, -0.15) is 5.10 Å². The third-order valence-electron chi connectivity index (χ3n) is 2.61. The highest BCUT2D eigenvalue weighted by Crippen LogP contribution is 2.14. The molecule has 0 saturated carbocycles. The van der Waals surface area contributed by atoms with E-state index >= 15 is 0 Å². The van der Waals surface area contributed by atoms with Gasteiger partial charge in [-0.05, 0) is 30.5 Å². The van der Waals surface area contributed by atoms with E-state index in [4.69, 9.17) is 0 Å². The van der Waals surface area contributed by atoms with Crippen molar-refractivity contribution in [2.75, 3.05) is 5.43 Å². The number of hydrazone groups is 1. The zero-order chi connectivity index (χ0) is 13.5. The average Bonchev–Trinajstić information content (AvgIpc) is 2.42. The Morgan fingerprint density at radius 1 is 1.05 bits per heavy atom. The predicted octanol–water partition coefficient (Wildman–Crippen LogP) is 4.00. The van der Waals surface area contributed by atoms with Gasteiger partial charge in [-0.1, -0.05) is 30.3 Å². The van der Waals surface area contributed by atoms with Crippen LogP contribution >= 0.6 is 0 Å². The van der Waals surface area contributed by atoms with Crippen LogP contribution in [0.1, 0.15) is 12.0 Å². The summed E-state index contributed by atoms with van der Waals surface area (Å²) in [6.07, 6.45) is 3.30. The molecule has 98 valence electrons. The van der Waals surface area contributed by atoms with Crippen LogP contribution in [0.15, 0.2) is 53.6 Å². The SMILES string of the molecule is Fc1ccc(N/N=C\CCc2ccccc2)c(F)c1. The van der Waals surface area contributed by atoms with Gasteiger partial charge in [0.1, 0.15) is 5.82 Å². The number of anilines is 1. The van der Waals surface area contributed by atoms with Gasteiger partial charge in [-0.3, -0.25) is 5.43 Å². The smallest absolute Gasteiger partial charge is 0.151 e. The Balaban J connectivity index is 1.80. The molecule has 0 unspecified atom stereocenters. The summed E-state index contributed by atoms with van der Waals surface area (Å²) in [5.74, 6) is -1.25. The van der Waals surface area contributed by atoms with Crippen LogP contribution in [0.25, 0.3) is 0 Å². The molecule has 0 spiro atoms. The first kappa shape index (κ1) is 13.2. The minimum absolute atomic E-state index is 0.164. The van der Waals surface area contributed by atoms with E-state index in [2.05, 4.69) is 10.5 Å². The van der Waals surface area contributed by atoms with Crippen LogP contribution in [-0.2, 0) is 6.42 Å². The summed E-state index contributed by atoms with van der Waals surface area (Å²) in [5.41, 5.74) is 3.94. The van der Waals surface area contributed by atoms with Gasteiger partial charge in [0.15, 0.2) is 5.82 Å². The van der Waals surface area contributed by atoms with E-state index in [0.717, 1.165) is 18.9 Å². The number of aryl methyl sites for hydroxylation is 1. The Labute approximate surface area is 110 Å². The molecular formula is C15H14F2N2. The van der Waals surface area contributed by atoms with E-state index in [1.165, 1.54) is 17.7 Å². The molecule has 2 aromatic carbocycles. The van der Waals surface area contributed by atoms with Gasteiger partial charge >= 0.3 is 0 Å². The van der Waals surface area contributed by atoms with Gasteiger partial charge in [0, 0.05) is 12.3 Å². The number of benzene rings is 2. The monoisotopic (exact) mass is 260 g/mol. The summed E-state index contributed by atoms with van der Waals surface area (Å²) in [7, 11) is 0. The van der Waals surface area contributed by atoms with E-state index in [0.29, 0.717) is 0 Å². The van der Waals surface area contributed by atoms with Crippen molar-refractivity contribution in [3.8, 4) is 0 Å². The maximum atomic E-state index is 13.2. The van der Waals surface area contributed by atoms with E-state index in [-0.39, 0.29) is 5.69 Å². The molecule has 0 aliphatic carbocycles. The van der Waals surface area contributed by atoms with E-state index in [1.807, 2.05) is 30.3 Å². The number of hydrogen-bond donors (Lipinski definition) is 1. The lowest BCUT2D eigenvalue weighted by molar-refractivity contribution is 0.585. The standard InChI is InChI=1S/C15H14F2N2/c16-13-8-9-15(14(17)11-13)19-18-10-4-7-12-5-2-1-3-6-12/h1-3,5-6,8-11,19H,4,7H2/b18-10-. The first-order chi connectivity index (χ1) is 9.25. The molecule has 0 saturated heterocycles. The van der Waals surface area contributed by atoms with Crippen LogP contribution in [0, 0.1) is 11.6 Å². The van der Waals surface area contributed by atoms with Crippen LogP contribution in [0.5, 0.6) is 0 Å². The summed E-state index contributed by atoms with van der Waals surface area (Å²) in [5, 5.41) is 3.91. The van der Waals surface area contributed by atoms with Crippen molar-refractivity contribution in [1.29, 1.82) is 0 Å². The average molecular weight is 260 g/mol. The van der Waals surface area contributed by atoms with Gasteiger partial charge in [0.05, 0.1) is 5.69 Å². The molecule has 0 radical (unpaired) electrons. The molecule has 0 aliphatic heterocycles. The van der Waals surface area contributed by atoms with Crippen molar-refractivity contribution in [1.82, 2.24) is 0 Å². The molecule has 0 aliphatic rings. The predicted molar refractivity (Wildman–Crippen MR) is 73.2 cm³/mol. The topological polar surface area (TPSA) is 24.4 Å². The van der Waals surface area contributed by atoms with Crippen LogP contribution in [-0.4, -0.2) is 6.21 Å². The summed E-state index contributed by atoms with van der Waals surface area (Å²) >= 11 is 0. The van der Waals surface area contributed by atoms with Gasteiger partial charge in [-0.15, -0.1) is 0 Å². The highest BCUT2D eigenvalue weighted by atomic mass is 19.1. The molecule has 0 atom stereocenters. The normalized spacial score (nSPS) is 10.8. The minimum atomic E-state index is -0.653. The molecule has 19 heavy (non-hydrogen) atoms. The maximum absolute atomic E-state index is 13.2. The highest BCUT2D eigenvalue weighted by Gasteiger charge is 2.01. The second-order valence-corrected chi connectivity index (χ2v) is 4.07. The molecule has 4 heteroatoms. The Morgan fingerprint density at radius 2 is 1.84 bits per heavy atom. The number of hydrogen-bond acceptors (Lipinski definition) is 2. The fraction of sp³-hybridized carbons (Fsp3) is 0.133. The molecule has 1 N–H and O–H groups in total. The van der Waals surface area contributed by atoms with Crippen LogP contribution in [0.2, 0.25) is 0 Å². The molecule has 0 fully saturated rings. The van der Waals surface area contributed by atoms with Crippen molar-refractivity contribution in [3.05, 3.63) is 65.7 Å². The summed E-state index contributed by atoms with van der Waals surface area (Å²) < 4.78 is 25.9. The fourth-order valence-corrected chi connectivity index (χ4v) is 1.64.